The molecule has 0 aromatic heterocycles. The Labute approximate surface area is 134 Å². The number of nitrogens with one attached hydrogen (secondary N) is 2. The van der Waals surface area contributed by atoms with Gasteiger partial charge in [-0.1, -0.05) is 29.8 Å². The summed E-state index contributed by atoms with van der Waals surface area (Å²) in [6.07, 6.45) is -0.196. The zero-order valence-electron chi connectivity index (χ0n) is 12.1. The monoisotopic (exact) mass is 324 g/mol. The maximum atomic E-state index is 12.4. The minimum Gasteiger partial charge on any atom is -0.459 e. The summed E-state index contributed by atoms with van der Waals surface area (Å²) in [6, 6.07) is 6.94. The van der Waals surface area contributed by atoms with Crippen molar-refractivity contribution in [2.45, 2.75) is 32.9 Å². The molecule has 0 bridgehead atoms. The number of hydrogen-bond donors (Lipinski definition) is 2. The summed E-state index contributed by atoms with van der Waals surface area (Å²) in [5.41, 5.74) is 1.96. The van der Waals surface area contributed by atoms with Crippen molar-refractivity contribution < 1.29 is 9.53 Å². The molecule has 1 aromatic rings. The number of ether oxygens (including phenoxy) is 1. The van der Waals surface area contributed by atoms with Gasteiger partial charge >= 0.3 is 5.97 Å². The Bertz CT molecular complexity index is 613. The third-order valence-electron chi connectivity index (χ3n) is 3.05. The quantitative estimate of drug-likeness (QED) is 0.661. The van der Waals surface area contributed by atoms with Crippen LogP contribution in [0.3, 0.4) is 0 Å². The lowest BCUT2D eigenvalue weighted by atomic mass is 9.95. The maximum Gasteiger partial charge on any atom is 0.338 e. The van der Waals surface area contributed by atoms with Crippen LogP contribution in [0.2, 0.25) is 5.02 Å². The lowest BCUT2D eigenvalue weighted by Crippen LogP contribution is -2.45. The van der Waals surface area contributed by atoms with Crippen LogP contribution in [0.1, 0.15) is 32.4 Å². The lowest BCUT2D eigenvalue weighted by molar-refractivity contribution is -0.143. The fraction of sp³-hybridized carbons (Fsp3) is 0.333. The molecule has 1 heterocycles. The Kier molecular flexibility index (Phi) is 4.85. The fourth-order valence-corrected chi connectivity index (χ4v) is 2.70. The van der Waals surface area contributed by atoms with Crippen LogP contribution >= 0.6 is 23.8 Å². The van der Waals surface area contributed by atoms with Gasteiger partial charge in [0, 0.05) is 10.7 Å². The molecule has 0 saturated carbocycles. The number of benzene rings is 1. The third-order valence-corrected chi connectivity index (χ3v) is 3.61. The molecule has 6 heteroatoms. The predicted molar refractivity (Wildman–Crippen MR) is 87.0 cm³/mol. The van der Waals surface area contributed by atoms with E-state index in [0.29, 0.717) is 21.4 Å². The molecule has 112 valence electrons. The van der Waals surface area contributed by atoms with Gasteiger partial charge in [-0.2, -0.15) is 0 Å². The van der Waals surface area contributed by atoms with E-state index in [0.717, 1.165) is 5.56 Å². The van der Waals surface area contributed by atoms with Crippen LogP contribution in [0.4, 0.5) is 0 Å². The maximum absolute atomic E-state index is 12.4. The number of hydrogen-bond acceptors (Lipinski definition) is 3. The summed E-state index contributed by atoms with van der Waals surface area (Å²) in [6.45, 7) is 5.42. The zero-order chi connectivity index (χ0) is 15.6. The summed E-state index contributed by atoms with van der Waals surface area (Å²) in [5, 5.41) is 7.07. The van der Waals surface area contributed by atoms with E-state index in [9.17, 15) is 4.79 Å². The number of allylic oxidation sites excluding steroid dienone is 1. The summed E-state index contributed by atoms with van der Waals surface area (Å²) >= 11 is 11.4. The Morgan fingerprint density at radius 1 is 1.38 bits per heavy atom. The van der Waals surface area contributed by atoms with Gasteiger partial charge < -0.3 is 15.4 Å². The summed E-state index contributed by atoms with van der Waals surface area (Å²) in [4.78, 5) is 12.4. The van der Waals surface area contributed by atoms with E-state index in [1.165, 1.54) is 0 Å². The molecule has 1 atom stereocenters. The van der Waals surface area contributed by atoms with Gasteiger partial charge in [0.15, 0.2) is 5.11 Å². The van der Waals surface area contributed by atoms with Crippen molar-refractivity contribution in [1.82, 2.24) is 10.6 Å². The largest absolute Gasteiger partial charge is 0.459 e. The first-order chi connectivity index (χ1) is 9.90. The highest BCUT2D eigenvalue weighted by molar-refractivity contribution is 7.80. The lowest BCUT2D eigenvalue weighted by Gasteiger charge is -2.30. The van der Waals surface area contributed by atoms with Crippen molar-refractivity contribution >= 4 is 34.9 Å². The van der Waals surface area contributed by atoms with Gasteiger partial charge in [-0.05, 0) is 44.6 Å². The molecule has 1 aliphatic heterocycles. The highest BCUT2D eigenvalue weighted by Gasteiger charge is 2.32. The molecule has 0 spiro atoms. The molecule has 0 saturated heterocycles. The van der Waals surface area contributed by atoms with E-state index in [2.05, 4.69) is 10.6 Å². The van der Waals surface area contributed by atoms with E-state index in [4.69, 9.17) is 28.6 Å². The van der Waals surface area contributed by atoms with E-state index in [-0.39, 0.29) is 12.1 Å². The molecule has 0 aliphatic carbocycles. The summed E-state index contributed by atoms with van der Waals surface area (Å²) in [5.74, 6) is -0.380. The first-order valence-electron chi connectivity index (χ1n) is 6.64. The molecule has 0 unspecified atom stereocenters. The molecule has 1 aromatic carbocycles. The van der Waals surface area contributed by atoms with Crippen LogP contribution in [0.25, 0.3) is 0 Å². The van der Waals surface area contributed by atoms with Crippen molar-refractivity contribution in [2.24, 2.45) is 0 Å². The van der Waals surface area contributed by atoms with E-state index in [1.807, 2.05) is 32.0 Å². The molecule has 0 fully saturated rings. The van der Waals surface area contributed by atoms with Crippen LogP contribution in [0.15, 0.2) is 35.5 Å². The van der Waals surface area contributed by atoms with Gasteiger partial charge in [-0.25, -0.2) is 4.79 Å². The summed E-state index contributed by atoms with van der Waals surface area (Å²) in [7, 11) is 0. The molecule has 2 rings (SSSR count). The highest BCUT2D eigenvalue weighted by atomic mass is 35.5. The number of esters is 1. The minimum atomic E-state index is -0.418. The second kappa shape index (κ2) is 6.45. The molecule has 1 aliphatic rings. The van der Waals surface area contributed by atoms with Crippen molar-refractivity contribution in [3.05, 3.63) is 46.1 Å². The van der Waals surface area contributed by atoms with Gasteiger partial charge in [0.2, 0.25) is 0 Å². The second-order valence-electron chi connectivity index (χ2n) is 5.05. The average Bonchev–Trinajstić information content (AvgIpc) is 2.37. The van der Waals surface area contributed by atoms with Crippen molar-refractivity contribution in [2.75, 3.05) is 0 Å². The second-order valence-corrected chi connectivity index (χ2v) is 5.86. The van der Waals surface area contributed by atoms with Crippen molar-refractivity contribution in [1.29, 1.82) is 0 Å². The van der Waals surface area contributed by atoms with Crippen molar-refractivity contribution in [3.63, 3.8) is 0 Å². The first kappa shape index (κ1) is 15.8. The topological polar surface area (TPSA) is 50.4 Å². The van der Waals surface area contributed by atoms with Crippen LogP contribution < -0.4 is 10.6 Å². The van der Waals surface area contributed by atoms with Crippen LogP contribution in [0.5, 0.6) is 0 Å². The molecule has 0 radical (unpaired) electrons. The SMILES string of the molecule is CC1=C(C(=O)OC(C)C)[C@@H](c2ccccc2Cl)NC(=S)N1. The molecule has 0 amide bonds. The van der Waals surface area contributed by atoms with Crippen molar-refractivity contribution in [3.8, 4) is 0 Å². The number of rotatable bonds is 3. The van der Waals surface area contributed by atoms with E-state index in [1.54, 1.807) is 13.0 Å². The normalized spacial score (nSPS) is 18.3. The number of carbonyl (C=O) groups is 1. The Morgan fingerprint density at radius 2 is 2.05 bits per heavy atom. The predicted octanol–water partition coefficient (Wildman–Crippen LogP) is 3.08. The van der Waals surface area contributed by atoms with Gasteiger partial charge in [0.05, 0.1) is 17.7 Å². The smallest absolute Gasteiger partial charge is 0.338 e. The standard InChI is InChI=1S/C15H17ClN2O2S/c1-8(2)20-14(19)12-9(3)17-15(21)18-13(12)10-6-4-5-7-11(10)16/h4-8,13H,1-3H3,(H2,17,18,21)/t13-/m1/s1. The number of halogens is 1. The molecular weight excluding hydrogens is 308 g/mol. The van der Waals surface area contributed by atoms with Gasteiger partial charge in [-0.3, -0.25) is 0 Å². The Balaban J connectivity index is 2.46. The van der Waals surface area contributed by atoms with Gasteiger partial charge in [0.25, 0.3) is 0 Å². The third kappa shape index (κ3) is 3.54. The molecular formula is C15H17ClN2O2S. The average molecular weight is 325 g/mol. The van der Waals surface area contributed by atoms with Crippen LogP contribution in [0, 0.1) is 0 Å². The fourth-order valence-electron chi connectivity index (χ4n) is 2.18. The van der Waals surface area contributed by atoms with E-state index < -0.39 is 6.04 Å². The first-order valence-corrected chi connectivity index (χ1v) is 7.42. The molecule has 21 heavy (non-hydrogen) atoms. The Morgan fingerprint density at radius 3 is 2.67 bits per heavy atom. The molecule has 4 nitrogen and oxygen atoms in total. The number of carbonyl (C=O) groups excluding carboxylic acids is 1. The van der Waals surface area contributed by atoms with Crippen LogP contribution in [-0.4, -0.2) is 17.2 Å². The summed E-state index contributed by atoms with van der Waals surface area (Å²) < 4.78 is 5.32. The Hall–Kier alpha value is -1.59. The highest BCUT2D eigenvalue weighted by Crippen LogP contribution is 2.32. The zero-order valence-corrected chi connectivity index (χ0v) is 13.6. The van der Waals surface area contributed by atoms with Crippen LogP contribution in [-0.2, 0) is 9.53 Å². The number of thiocarbonyl (C=S) groups is 1. The molecule has 2 N–H and O–H groups in total. The minimum absolute atomic E-state index is 0.196. The van der Waals surface area contributed by atoms with Gasteiger partial charge in [0.1, 0.15) is 0 Å². The van der Waals surface area contributed by atoms with E-state index >= 15 is 0 Å². The van der Waals surface area contributed by atoms with Gasteiger partial charge in [-0.15, -0.1) is 0 Å².